The van der Waals surface area contributed by atoms with Gasteiger partial charge in [0.2, 0.25) is 0 Å². The maximum absolute atomic E-state index is 11.6. The number of hydrogen-bond donors (Lipinski definition) is 1. The third-order valence-corrected chi connectivity index (χ3v) is 5.98. The normalized spacial score (nSPS) is 28.1. The summed E-state index contributed by atoms with van der Waals surface area (Å²) in [5.74, 6) is 0.548. The zero-order valence-corrected chi connectivity index (χ0v) is 13.1. The minimum absolute atomic E-state index is 0.109. The monoisotopic (exact) mass is 275 g/mol. The van der Waals surface area contributed by atoms with Gasteiger partial charge in [-0.3, -0.25) is 0 Å². The van der Waals surface area contributed by atoms with Crippen LogP contribution < -0.4 is 5.73 Å². The molecule has 1 saturated carbocycles. The lowest BCUT2D eigenvalue weighted by molar-refractivity contribution is 0.262. The molecule has 0 aromatic heterocycles. The molecule has 0 aromatic rings. The number of sulfone groups is 1. The highest BCUT2D eigenvalue weighted by Crippen LogP contribution is 2.33. The second-order valence-corrected chi connectivity index (χ2v) is 9.36. The van der Waals surface area contributed by atoms with Crippen LogP contribution in [0.25, 0.3) is 0 Å². The molecule has 4 heteroatoms. The van der Waals surface area contributed by atoms with Crippen LogP contribution in [0.5, 0.6) is 0 Å². The van der Waals surface area contributed by atoms with E-state index in [-0.39, 0.29) is 16.7 Å². The smallest absolute Gasteiger partial charge is 0.150 e. The van der Waals surface area contributed by atoms with E-state index in [4.69, 9.17) is 5.73 Å². The lowest BCUT2D eigenvalue weighted by atomic mass is 9.80. The van der Waals surface area contributed by atoms with Crippen LogP contribution in [0.2, 0.25) is 0 Å². The maximum atomic E-state index is 11.6. The number of nitrogens with two attached hydrogens (primary N) is 1. The van der Waals surface area contributed by atoms with Crippen LogP contribution in [0.3, 0.4) is 0 Å². The fourth-order valence-electron chi connectivity index (χ4n) is 2.74. The summed E-state index contributed by atoms with van der Waals surface area (Å²) in [7, 11) is -2.86. The summed E-state index contributed by atoms with van der Waals surface area (Å²) in [5, 5.41) is -0.109. The Labute approximate surface area is 112 Å². The van der Waals surface area contributed by atoms with Crippen molar-refractivity contribution in [1.29, 1.82) is 0 Å². The van der Waals surface area contributed by atoms with Gasteiger partial charge in [0.1, 0.15) is 9.84 Å². The molecule has 2 N–H and O–H groups in total. The van der Waals surface area contributed by atoms with E-state index in [1.54, 1.807) is 0 Å². The summed E-state index contributed by atoms with van der Waals surface area (Å²) in [5.41, 5.74) is 6.31. The van der Waals surface area contributed by atoms with E-state index >= 15 is 0 Å². The topological polar surface area (TPSA) is 60.2 Å². The van der Waals surface area contributed by atoms with E-state index in [1.165, 1.54) is 12.7 Å². The van der Waals surface area contributed by atoms with E-state index in [0.717, 1.165) is 32.1 Å². The van der Waals surface area contributed by atoms with Gasteiger partial charge in [-0.25, -0.2) is 8.42 Å². The lowest BCUT2D eigenvalue weighted by Gasteiger charge is -2.31. The van der Waals surface area contributed by atoms with Gasteiger partial charge in [0.15, 0.2) is 0 Å². The predicted octanol–water partition coefficient (Wildman–Crippen LogP) is 2.74. The zero-order valence-electron chi connectivity index (χ0n) is 12.3. The SMILES string of the molecule is CC(C)(C)C(N)CCC1CCCC(S(C)(=O)=O)C1. The number of hydrogen-bond acceptors (Lipinski definition) is 3. The summed E-state index contributed by atoms with van der Waals surface area (Å²) in [6.07, 6.45) is 7.36. The van der Waals surface area contributed by atoms with Crippen LogP contribution in [0.1, 0.15) is 59.3 Å². The molecule has 3 unspecified atom stereocenters. The minimum atomic E-state index is -2.86. The molecule has 0 radical (unpaired) electrons. The maximum Gasteiger partial charge on any atom is 0.150 e. The Morgan fingerprint density at radius 2 is 1.89 bits per heavy atom. The lowest BCUT2D eigenvalue weighted by Crippen LogP contribution is -2.36. The molecular formula is C14H29NO2S. The molecule has 0 heterocycles. The Hall–Kier alpha value is -0.0900. The summed E-state index contributed by atoms with van der Waals surface area (Å²) >= 11 is 0. The molecule has 0 saturated heterocycles. The molecule has 0 bridgehead atoms. The Morgan fingerprint density at radius 3 is 2.39 bits per heavy atom. The van der Waals surface area contributed by atoms with Crippen LogP contribution in [0, 0.1) is 11.3 Å². The minimum Gasteiger partial charge on any atom is -0.327 e. The Morgan fingerprint density at radius 1 is 1.28 bits per heavy atom. The van der Waals surface area contributed by atoms with Gasteiger partial charge in [-0.05, 0) is 37.0 Å². The second kappa shape index (κ2) is 5.91. The highest BCUT2D eigenvalue weighted by molar-refractivity contribution is 7.91. The Bertz CT molecular complexity index is 356. The highest BCUT2D eigenvalue weighted by Gasteiger charge is 2.29. The van der Waals surface area contributed by atoms with Gasteiger partial charge in [0.25, 0.3) is 0 Å². The van der Waals surface area contributed by atoms with Crippen LogP contribution in [-0.2, 0) is 9.84 Å². The molecule has 0 amide bonds. The first kappa shape index (κ1) is 16.0. The highest BCUT2D eigenvalue weighted by atomic mass is 32.2. The molecule has 3 atom stereocenters. The van der Waals surface area contributed by atoms with Gasteiger partial charge in [-0.15, -0.1) is 0 Å². The van der Waals surface area contributed by atoms with Crippen LogP contribution in [-0.4, -0.2) is 26.0 Å². The average Bonchev–Trinajstić information content (AvgIpc) is 2.23. The molecular weight excluding hydrogens is 246 g/mol. The standard InChI is InChI=1S/C14H29NO2S/c1-14(2,3)13(15)9-8-11-6-5-7-12(10-11)18(4,16)17/h11-13H,5-10,15H2,1-4H3. The van der Waals surface area contributed by atoms with Crippen molar-refractivity contribution < 1.29 is 8.42 Å². The third kappa shape index (κ3) is 4.88. The van der Waals surface area contributed by atoms with Crippen LogP contribution in [0.4, 0.5) is 0 Å². The average molecular weight is 275 g/mol. The molecule has 3 nitrogen and oxygen atoms in total. The first-order valence-corrected chi connectivity index (χ1v) is 9.00. The van der Waals surface area contributed by atoms with Gasteiger partial charge in [0.05, 0.1) is 5.25 Å². The quantitative estimate of drug-likeness (QED) is 0.858. The summed E-state index contributed by atoms with van der Waals surface area (Å²) in [4.78, 5) is 0. The van der Waals surface area contributed by atoms with Gasteiger partial charge in [0, 0.05) is 12.3 Å². The van der Waals surface area contributed by atoms with Crippen LogP contribution >= 0.6 is 0 Å². The van der Waals surface area contributed by atoms with Gasteiger partial charge >= 0.3 is 0 Å². The van der Waals surface area contributed by atoms with Gasteiger partial charge < -0.3 is 5.73 Å². The molecule has 0 aliphatic heterocycles. The molecule has 18 heavy (non-hydrogen) atoms. The van der Waals surface area contributed by atoms with Gasteiger partial charge in [-0.1, -0.05) is 33.6 Å². The first-order valence-electron chi connectivity index (χ1n) is 7.05. The molecule has 1 aliphatic carbocycles. The van der Waals surface area contributed by atoms with E-state index in [1.807, 2.05) is 0 Å². The van der Waals surface area contributed by atoms with Crippen molar-refractivity contribution in [2.45, 2.75) is 70.6 Å². The molecule has 1 rings (SSSR count). The van der Waals surface area contributed by atoms with Gasteiger partial charge in [-0.2, -0.15) is 0 Å². The Kier molecular flexibility index (Phi) is 5.24. The van der Waals surface area contributed by atoms with Crippen LogP contribution in [0.15, 0.2) is 0 Å². The summed E-state index contributed by atoms with van der Waals surface area (Å²) < 4.78 is 23.2. The van der Waals surface area contributed by atoms with E-state index in [0.29, 0.717) is 5.92 Å². The second-order valence-electron chi connectivity index (χ2n) is 7.03. The third-order valence-electron chi connectivity index (χ3n) is 4.34. The molecule has 108 valence electrons. The van der Waals surface area contributed by atoms with E-state index in [9.17, 15) is 8.42 Å². The summed E-state index contributed by atoms with van der Waals surface area (Å²) in [6, 6.07) is 0.205. The first-order chi connectivity index (χ1) is 8.10. The van der Waals surface area contributed by atoms with Crippen molar-refractivity contribution in [1.82, 2.24) is 0 Å². The molecule has 1 aliphatic rings. The predicted molar refractivity (Wildman–Crippen MR) is 77.3 cm³/mol. The van der Waals surface area contributed by atoms with E-state index in [2.05, 4.69) is 20.8 Å². The van der Waals surface area contributed by atoms with Crippen molar-refractivity contribution in [2.24, 2.45) is 17.1 Å². The molecule has 1 fully saturated rings. The zero-order chi connectivity index (χ0) is 14.0. The van der Waals surface area contributed by atoms with E-state index < -0.39 is 9.84 Å². The molecule has 0 aromatic carbocycles. The van der Waals surface area contributed by atoms with Crippen molar-refractivity contribution in [2.75, 3.05) is 6.26 Å². The fraction of sp³-hybridized carbons (Fsp3) is 1.00. The summed E-state index contributed by atoms with van der Waals surface area (Å²) in [6.45, 7) is 6.49. The van der Waals surface area contributed by atoms with Crippen molar-refractivity contribution >= 4 is 9.84 Å². The van der Waals surface area contributed by atoms with Crippen molar-refractivity contribution in [3.05, 3.63) is 0 Å². The fourth-order valence-corrected chi connectivity index (χ4v) is 3.96. The Balaban J connectivity index is 2.44. The molecule has 0 spiro atoms. The van der Waals surface area contributed by atoms with Crippen molar-refractivity contribution in [3.8, 4) is 0 Å². The number of rotatable bonds is 4. The largest absolute Gasteiger partial charge is 0.327 e. The van der Waals surface area contributed by atoms with Crippen molar-refractivity contribution in [3.63, 3.8) is 0 Å².